The lowest BCUT2D eigenvalue weighted by molar-refractivity contribution is -0.147. The summed E-state index contributed by atoms with van der Waals surface area (Å²) in [6, 6.07) is 11.7. The number of para-hydroxylation sites is 1. The number of carbonyl (C=O) groups is 2. The molecule has 8 heteroatoms. The molecule has 3 rings (SSSR count). The predicted molar refractivity (Wildman–Crippen MR) is 95.6 cm³/mol. The van der Waals surface area contributed by atoms with E-state index in [4.69, 9.17) is 4.74 Å². The van der Waals surface area contributed by atoms with Crippen LogP contribution in [0.2, 0.25) is 0 Å². The predicted octanol–water partition coefficient (Wildman–Crippen LogP) is 2.10. The van der Waals surface area contributed by atoms with Gasteiger partial charge in [-0.25, -0.2) is 9.37 Å². The van der Waals surface area contributed by atoms with Crippen molar-refractivity contribution >= 4 is 22.8 Å². The monoisotopic (exact) mass is 369 g/mol. The third-order valence-corrected chi connectivity index (χ3v) is 3.82. The zero-order valence-electron chi connectivity index (χ0n) is 14.4. The number of aromatic amines is 1. The lowest BCUT2D eigenvalue weighted by atomic mass is 10.2. The minimum absolute atomic E-state index is 0.205. The summed E-state index contributed by atoms with van der Waals surface area (Å²) in [6.07, 6.45) is -0.808. The first kappa shape index (κ1) is 18.2. The number of hydrogen-bond acceptors (Lipinski definition) is 5. The molecular formula is C19H16FN3O4. The van der Waals surface area contributed by atoms with Crippen LogP contribution in [0.25, 0.3) is 10.9 Å². The van der Waals surface area contributed by atoms with E-state index in [9.17, 15) is 18.8 Å². The highest BCUT2D eigenvalue weighted by Crippen LogP contribution is 2.14. The maximum Gasteiger partial charge on any atom is 0.326 e. The van der Waals surface area contributed by atoms with E-state index in [0.29, 0.717) is 10.9 Å². The zero-order valence-corrected chi connectivity index (χ0v) is 14.4. The van der Waals surface area contributed by atoms with E-state index >= 15 is 0 Å². The van der Waals surface area contributed by atoms with E-state index in [2.05, 4.69) is 15.3 Å². The first-order chi connectivity index (χ1) is 12.9. The Morgan fingerprint density at radius 3 is 2.63 bits per heavy atom. The molecule has 0 bridgehead atoms. The fourth-order valence-electron chi connectivity index (χ4n) is 2.45. The number of halogens is 1. The summed E-state index contributed by atoms with van der Waals surface area (Å²) < 4.78 is 18.1. The van der Waals surface area contributed by atoms with Gasteiger partial charge in [0, 0.05) is 5.56 Å². The first-order valence-electron chi connectivity index (χ1n) is 8.16. The molecule has 0 fully saturated rings. The number of ether oxygens (including phenoxy) is 1. The molecule has 0 spiro atoms. The standard InChI is InChI=1S/C19H16FN3O4/c1-11(17-22-15-5-3-2-4-14(15)19(26)23-17)27-16(24)10-21-18(25)12-6-8-13(20)9-7-12/h2-9,11H,10H2,1H3,(H,21,25)(H,22,23,26)/t11-/m0/s1. The van der Waals surface area contributed by atoms with Crippen molar-refractivity contribution in [1.29, 1.82) is 0 Å². The summed E-state index contributed by atoms with van der Waals surface area (Å²) in [7, 11) is 0. The molecule has 2 N–H and O–H groups in total. The van der Waals surface area contributed by atoms with Crippen molar-refractivity contribution in [3.8, 4) is 0 Å². The molecule has 2 aromatic carbocycles. The van der Waals surface area contributed by atoms with Gasteiger partial charge in [0.15, 0.2) is 11.9 Å². The van der Waals surface area contributed by atoms with Crippen molar-refractivity contribution < 1.29 is 18.7 Å². The Morgan fingerprint density at radius 1 is 1.19 bits per heavy atom. The van der Waals surface area contributed by atoms with E-state index in [1.54, 1.807) is 31.2 Å². The Balaban J connectivity index is 1.61. The van der Waals surface area contributed by atoms with Crippen molar-refractivity contribution in [3.63, 3.8) is 0 Å². The summed E-state index contributed by atoms with van der Waals surface area (Å²) >= 11 is 0. The van der Waals surface area contributed by atoms with E-state index in [1.807, 2.05) is 0 Å². The highest BCUT2D eigenvalue weighted by atomic mass is 19.1. The van der Waals surface area contributed by atoms with Crippen LogP contribution in [-0.2, 0) is 9.53 Å². The average Bonchev–Trinajstić information content (AvgIpc) is 2.66. The van der Waals surface area contributed by atoms with Crippen LogP contribution in [0.4, 0.5) is 4.39 Å². The molecule has 1 aromatic heterocycles. The number of nitrogens with one attached hydrogen (secondary N) is 2. The number of esters is 1. The second kappa shape index (κ2) is 7.77. The van der Waals surface area contributed by atoms with Gasteiger partial charge in [-0.2, -0.15) is 0 Å². The van der Waals surface area contributed by atoms with E-state index in [-0.39, 0.29) is 23.5 Å². The van der Waals surface area contributed by atoms with E-state index in [0.717, 1.165) is 12.1 Å². The molecule has 1 amide bonds. The van der Waals surface area contributed by atoms with Gasteiger partial charge in [0.1, 0.15) is 12.4 Å². The maximum absolute atomic E-state index is 12.9. The number of hydrogen-bond donors (Lipinski definition) is 2. The van der Waals surface area contributed by atoms with Crippen molar-refractivity contribution in [2.45, 2.75) is 13.0 Å². The molecular weight excluding hydrogens is 353 g/mol. The minimum atomic E-state index is -0.808. The fraction of sp³-hybridized carbons (Fsp3) is 0.158. The van der Waals surface area contributed by atoms with Gasteiger partial charge in [-0.15, -0.1) is 0 Å². The first-order valence-corrected chi connectivity index (χ1v) is 8.16. The Morgan fingerprint density at radius 2 is 1.89 bits per heavy atom. The molecule has 0 saturated carbocycles. The van der Waals surface area contributed by atoms with Gasteiger partial charge in [0.2, 0.25) is 0 Å². The smallest absolute Gasteiger partial charge is 0.326 e. The topological polar surface area (TPSA) is 101 Å². The molecule has 1 atom stereocenters. The number of rotatable bonds is 5. The molecule has 27 heavy (non-hydrogen) atoms. The average molecular weight is 369 g/mol. The lowest BCUT2D eigenvalue weighted by Crippen LogP contribution is -2.31. The largest absolute Gasteiger partial charge is 0.453 e. The van der Waals surface area contributed by atoms with Crippen molar-refractivity contribution in [3.05, 3.63) is 76.1 Å². The van der Waals surface area contributed by atoms with Crippen molar-refractivity contribution in [2.75, 3.05) is 6.54 Å². The molecule has 0 radical (unpaired) electrons. The summed E-state index contributed by atoms with van der Waals surface area (Å²) in [6.45, 7) is 1.19. The molecule has 0 saturated heterocycles. The number of benzene rings is 2. The number of amides is 1. The molecule has 0 aliphatic heterocycles. The Bertz CT molecular complexity index is 1050. The highest BCUT2D eigenvalue weighted by molar-refractivity contribution is 5.95. The molecule has 0 aliphatic rings. The van der Waals surface area contributed by atoms with Gasteiger partial charge in [-0.3, -0.25) is 14.4 Å². The molecule has 0 aliphatic carbocycles. The van der Waals surface area contributed by atoms with Crippen molar-refractivity contribution in [1.82, 2.24) is 15.3 Å². The normalized spacial score (nSPS) is 11.8. The van der Waals surface area contributed by atoms with Crippen LogP contribution in [0.1, 0.15) is 29.2 Å². The number of fused-ring (bicyclic) bond motifs is 1. The maximum atomic E-state index is 12.9. The summed E-state index contributed by atoms with van der Waals surface area (Å²) in [4.78, 5) is 42.8. The van der Waals surface area contributed by atoms with Crippen LogP contribution in [0, 0.1) is 5.82 Å². The fourth-order valence-corrected chi connectivity index (χ4v) is 2.45. The van der Waals surface area contributed by atoms with Gasteiger partial charge in [0.05, 0.1) is 10.9 Å². The summed E-state index contributed by atoms with van der Waals surface area (Å²) in [5, 5.41) is 2.82. The molecule has 0 unspecified atom stereocenters. The molecule has 7 nitrogen and oxygen atoms in total. The number of aromatic nitrogens is 2. The SMILES string of the molecule is C[C@H](OC(=O)CNC(=O)c1ccc(F)cc1)c1nc2ccccc2c(=O)[nH]1. The second-order valence-corrected chi connectivity index (χ2v) is 5.79. The van der Waals surface area contributed by atoms with Gasteiger partial charge in [-0.05, 0) is 43.3 Å². The van der Waals surface area contributed by atoms with Crippen LogP contribution < -0.4 is 10.9 Å². The third kappa shape index (κ3) is 4.35. The van der Waals surface area contributed by atoms with Crippen molar-refractivity contribution in [2.24, 2.45) is 0 Å². The molecule has 1 heterocycles. The van der Waals surface area contributed by atoms with Gasteiger partial charge < -0.3 is 15.0 Å². The third-order valence-electron chi connectivity index (χ3n) is 3.82. The Kier molecular flexibility index (Phi) is 5.25. The Labute approximate surface area is 153 Å². The molecule has 138 valence electrons. The van der Waals surface area contributed by atoms with Gasteiger partial charge in [0.25, 0.3) is 11.5 Å². The highest BCUT2D eigenvalue weighted by Gasteiger charge is 2.16. The minimum Gasteiger partial charge on any atom is -0.453 e. The quantitative estimate of drug-likeness (QED) is 0.671. The number of carbonyl (C=O) groups excluding carboxylic acids is 2. The number of H-pyrrole nitrogens is 1. The van der Waals surface area contributed by atoms with E-state index in [1.165, 1.54) is 12.1 Å². The van der Waals surface area contributed by atoms with Crippen LogP contribution in [0.15, 0.2) is 53.3 Å². The van der Waals surface area contributed by atoms with Gasteiger partial charge >= 0.3 is 5.97 Å². The second-order valence-electron chi connectivity index (χ2n) is 5.79. The Hall–Kier alpha value is -3.55. The van der Waals surface area contributed by atoms with Crippen LogP contribution in [-0.4, -0.2) is 28.4 Å². The number of nitrogens with zero attached hydrogens (tertiary/aromatic N) is 1. The van der Waals surface area contributed by atoms with Crippen LogP contribution in [0.5, 0.6) is 0 Å². The van der Waals surface area contributed by atoms with Gasteiger partial charge in [-0.1, -0.05) is 12.1 Å². The van der Waals surface area contributed by atoms with E-state index < -0.39 is 23.8 Å². The molecule has 3 aromatic rings. The van der Waals surface area contributed by atoms with Crippen LogP contribution >= 0.6 is 0 Å². The van der Waals surface area contributed by atoms with Crippen LogP contribution in [0.3, 0.4) is 0 Å². The summed E-state index contributed by atoms with van der Waals surface area (Å²) in [5.74, 6) is -1.49. The zero-order chi connectivity index (χ0) is 19.4. The summed E-state index contributed by atoms with van der Waals surface area (Å²) in [5.41, 5.74) is 0.379. The lowest BCUT2D eigenvalue weighted by Gasteiger charge is -2.13.